The summed E-state index contributed by atoms with van der Waals surface area (Å²) in [5, 5.41) is 6.16. The molecule has 0 aromatic heterocycles. The lowest BCUT2D eigenvalue weighted by molar-refractivity contribution is -0.124. The molecule has 4 nitrogen and oxygen atoms in total. The Labute approximate surface area is 106 Å². The van der Waals surface area contributed by atoms with Crippen LogP contribution >= 0.6 is 0 Å². The van der Waals surface area contributed by atoms with Crippen molar-refractivity contribution >= 4 is 5.91 Å². The summed E-state index contributed by atoms with van der Waals surface area (Å²) in [6.45, 7) is 11.8. The van der Waals surface area contributed by atoms with Crippen molar-refractivity contribution in [1.82, 2.24) is 15.5 Å². The smallest absolute Gasteiger partial charge is 0.224 e. The maximum atomic E-state index is 11.7. The van der Waals surface area contributed by atoms with Crippen LogP contribution in [0.3, 0.4) is 0 Å². The van der Waals surface area contributed by atoms with Gasteiger partial charge in [0, 0.05) is 25.0 Å². The van der Waals surface area contributed by atoms with Crippen molar-refractivity contribution < 1.29 is 4.79 Å². The lowest BCUT2D eigenvalue weighted by atomic mass is 10.1. The number of hydrogen-bond acceptors (Lipinski definition) is 3. The van der Waals surface area contributed by atoms with E-state index in [-0.39, 0.29) is 11.8 Å². The molecule has 0 saturated carbocycles. The second-order valence-corrected chi connectivity index (χ2v) is 4.93. The Bertz CT molecular complexity index is 207. The van der Waals surface area contributed by atoms with Gasteiger partial charge in [-0.2, -0.15) is 0 Å². The molecule has 0 radical (unpaired) electrons. The molecule has 1 unspecified atom stereocenters. The molecule has 0 bridgehead atoms. The lowest BCUT2D eigenvalue weighted by Gasteiger charge is -2.21. The van der Waals surface area contributed by atoms with Crippen molar-refractivity contribution in [1.29, 1.82) is 0 Å². The summed E-state index contributed by atoms with van der Waals surface area (Å²) < 4.78 is 0. The van der Waals surface area contributed by atoms with Gasteiger partial charge < -0.3 is 15.5 Å². The van der Waals surface area contributed by atoms with Crippen LogP contribution in [0.25, 0.3) is 0 Å². The number of rotatable bonds is 9. The number of hydrogen-bond donors (Lipinski definition) is 2. The van der Waals surface area contributed by atoms with Crippen LogP contribution in [-0.4, -0.2) is 50.1 Å². The molecule has 1 amide bonds. The van der Waals surface area contributed by atoms with Crippen LogP contribution in [0.1, 0.15) is 34.1 Å². The fourth-order valence-corrected chi connectivity index (χ4v) is 1.43. The molecule has 1 atom stereocenters. The minimum Gasteiger partial charge on any atom is -0.356 e. The van der Waals surface area contributed by atoms with Crippen LogP contribution in [0, 0.1) is 5.92 Å². The van der Waals surface area contributed by atoms with Crippen molar-refractivity contribution in [3.63, 3.8) is 0 Å². The van der Waals surface area contributed by atoms with E-state index >= 15 is 0 Å². The highest BCUT2D eigenvalue weighted by molar-refractivity contribution is 5.78. The number of amides is 1. The van der Waals surface area contributed by atoms with E-state index in [0.717, 1.165) is 32.6 Å². The van der Waals surface area contributed by atoms with Crippen LogP contribution < -0.4 is 10.6 Å². The van der Waals surface area contributed by atoms with Crippen molar-refractivity contribution in [2.75, 3.05) is 33.2 Å². The van der Waals surface area contributed by atoms with Gasteiger partial charge in [0.1, 0.15) is 0 Å². The molecule has 0 fully saturated rings. The molecule has 2 N–H and O–H groups in total. The first-order chi connectivity index (χ1) is 7.99. The number of carbonyl (C=O) groups excluding carboxylic acids is 1. The lowest BCUT2D eigenvalue weighted by Crippen LogP contribution is -2.37. The predicted molar refractivity (Wildman–Crippen MR) is 73.1 cm³/mol. The minimum absolute atomic E-state index is 0.0535. The molecule has 0 aromatic carbocycles. The van der Waals surface area contributed by atoms with E-state index in [2.05, 4.69) is 36.4 Å². The Morgan fingerprint density at radius 3 is 2.47 bits per heavy atom. The van der Waals surface area contributed by atoms with Crippen LogP contribution in [-0.2, 0) is 4.79 Å². The van der Waals surface area contributed by atoms with E-state index in [1.165, 1.54) is 0 Å². The summed E-state index contributed by atoms with van der Waals surface area (Å²) in [6, 6.07) is 0.568. The first-order valence-electron chi connectivity index (χ1n) is 6.67. The maximum absolute atomic E-state index is 11.7. The Kier molecular flexibility index (Phi) is 9.09. The largest absolute Gasteiger partial charge is 0.356 e. The van der Waals surface area contributed by atoms with Gasteiger partial charge in [-0.15, -0.1) is 0 Å². The third-order valence-corrected chi connectivity index (χ3v) is 3.02. The highest BCUT2D eigenvalue weighted by Gasteiger charge is 2.11. The zero-order chi connectivity index (χ0) is 13.3. The van der Waals surface area contributed by atoms with Gasteiger partial charge in [0.05, 0.1) is 0 Å². The van der Waals surface area contributed by atoms with Gasteiger partial charge in [-0.1, -0.05) is 13.8 Å². The Morgan fingerprint density at radius 1 is 1.29 bits per heavy atom. The van der Waals surface area contributed by atoms with Crippen LogP contribution in [0.4, 0.5) is 0 Å². The summed E-state index contributed by atoms with van der Waals surface area (Å²) in [7, 11) is 2.11. The summed E-state index contributed by atoms with van der Waals surface area (Å²) in [5.74, 6) is 0.205. The van der Waals surface area contributed by atoms with Crippen molar-refractivity contribution in [2.24, 2.45) is 5.92 Å². The number of nitrogens with one attached hydrogen (secondary N) is 2. The first kappa shape index (κ1) is 16.4. The van der Waals surface area contributed by atoms with Gasteiger partial charge in [-0.05, 0) is 40.4 Å². The summed E-state index contributed by atoms with van der Waals surface area (Å²) in [5.41, 5.74) is 0. The summed E-state index contributed by atoms with van der Waals surface area (Å²) in [6.07, 6.45) is 1.01. The van der Waals surface area contributed by atoms with Crippen LogP contribution in [0.2, 0.25) is 0 Å². The Morgan fingerprint density at radius 2 is 1.94 bits per heavy atom. The second-order valence-electron chi connectivity index (χ2n) is 4.93. The zero-order valence-electron chi connectivity index (χ0n) is 12.0. The first-order valence-corrected chi connectivity index (χ1v) is 6.67. The molecular weight excluding hydrogens is 214 g/mol. The molecule has 0 aliphatic carbocycles. The fourth-order valence-electron chi connectivity index (χ4n) is 1.43. The van der Waals surface area contributed by atoms with E-state index in [9.17, 15) is 4.79 Å². The predicted octanol–water partition coefficient (Wildman–Crippen LogP) is 1.08. The number of nitrogens with zero attached hydrogens (tertiary/aromatic N) is 1. The van der Waals surface area contributed by atoms with Gasteiger partial charge in [-0.3, -0.25) is 4.79 Å². The highest BCUT2D eigenvalue weighted by atomic mass is 16.1. The molecule has 0 aliphatic heterocycles. The topological polar surface area (TPSA) is 44.4 Å². The average molecular weight is 243 g/mol. The molecule has 0 rings (SSSR count). The standard InChI is InChI=1S/C13H29N3O/c1-6-14-10-12(4)13(17)15-8-7-9-16(5)11(2)3/h11-12,14H,6-10H2,1-5H3,(H,15,17). The summed E-state index contributed by atoms with van der Waals surface area (Å²) in [4.78, 5) is 13.9. The number of carbonyl (C=O) groups is 1. The molecule has 0 aliphatic rings. The molecular formula is C13H29N3O. The molecule has 0 aromatic rings. The van der Waals surface area contributed by atoms with Crippen molar-refractivity contribution in [3.8, 4) is 0 Å². The van der Waals surface area contributed by atoms with Gasteiger partial charge in [0.25, 0.3) is 0 Å². The van der Waals surface area contributed by atoms with Gasteiger partial charge >= 0.3 is 0 Å². The Balaban J connectivity index is 3.57. The minimum atomic E-state index is 0.0535. The van der Waals surface area contributed by atoms with Crippen molar-refractivity contribution in [3.05, 3.63) is 0 Å². The quantitative estimate of drug-likeness (QED) is 0.596. The van der Waals surface area contributed by atoms with E-state index in [0.29, 0.717) is 6.04 Å². The SMILES string of the molecule is CCNCC(C)C(=O)NCCCN(C)C(C)C. The molecule has 102 valence electrons. The van der Waals surface area contributed by atoms with E-state index in [1.807, 2.05) is 13.8 Å². The highest BCUT2D eigenvalue weighted by Crippen LogP contribution is 1.95. The van der Waals surface area contributed by atoms with Crippen LogP contribution in [0.5, 0.6) is 0 Å². The van der Waals surface area contributed by atoms with E-state index in [1.54, 1.807) is 0 Å². The normalized spacial score (nSPS) is 13.1. The van der Waals surface area contributed by atoms with Gasteiger partial charge in [0.15, 0.2) is 0 Å². The van der Waals surface area contributed by atoms with Crippen LogP contribution in [0.15, 0.2) is 0 Å². The second kappa shape index (κ2) is 9.42. The third kappa shape index (κ3) is 8.16. The molecule has 0 heterocycles. The van der Waals surface area contributed by atoms with E-state index < -0.39 is 0 Å². The third-order valence-electron chi connectivity index (χ3n) is 3.02. The van der Waals surface area contributed by atoms with Crippen molar-refractivity contribution in [2.45, 2.75) is 40.2 Å². The molecule has 0 spiro atoms. The van der Waals surface area contributed by atoms with Gasteiger partial charge in [0.2, 0.25) is 5.91 Å². The molecule has 4 heteroatoms. The molecule has 17 heavy (non-hydrogen) atoms. The van der Waals surface area contributed by atoms with Gasteiger partial charge in [-0.25, -0.2) is 0 Å². The fraction of sp³-hybridized carbons (Fsp3) is 0.923. The Hall–Kier alpha value is -0.610. The monoisotopic (exact) mass is 243 g/mol. The maximum Gasteiger partial charge on any atom is 0.224 e. The average Bonchev–Trinajstić information content (AvgIpc) is 2.30. The van der Waals surface area contributed by atoms with E-state index in [4.69, 9.17) is 0 Å². The molecule has 0 saturated heterocycles. The summed E-state index contributed by atoms with van der Waals surface area (Å²) >= 11 is 0. The zero-order valence-corrected chi connectivity index (χ0v) is 12.0.